The van der Waals surface area contributed by atoms with Crippen LogP contribution in [0.4, 0.5) is 0 Å². The Hall–Kier alpha value is -3.18. The largest absolute Gasteiger partial charge is 0.490 e. The number of hydrogen-bond acceptors (Lipinski definition) is 7. The van der Waals surface area contributed by atoms with Gasteiger partial charge in [-0.1, -0.05) is 61.2 Å². The van der Waals surface area contributed by atoms with E-state index in [0.29, 0.717) is 51.7 Å². The fraction of sp³-hybridized carbons (Fsp3) is 0.250. The second kappa shape index (κ2) is 11.9. The van der Waals surface area contributed by atoms with E-state index in [2.05, 4.69) is 29.2 Å². The van der Waals surface area contributed by atoms with Crippen LogP contribution in [0.15, 0.2) is 76.2 Å². The van der Waals surface area contributed by atoms with Crippen molar-refractivity contribution in [1.82, 2.24) is 4.57 Å². The van der Waals surface area contributed by atoms with Gasteiger partial charge in [-0.2, -0.15) is 0 Å². The molecule has 37 heavy (non-hydrogen) atoms. The number of methoxy groups -OCH3 is 1. The molecular formula is C28H27IN2O5S. The van der Waals surface area contributed by atoms with Gasteiger partial charge in [-0.25, -0.2) is 9.79 Å². The molecule has 0 unspecified atom stereocenters. The van der Waals surface area contributed by atoms with Crippen molar-refractivity contribution in [2.45, 2.75) is 26.3 Å². The maximum atomic E-state index is 13.8. The Kier molecular flexibility index (Phi) is 8.65. The Morgan fingerprint density at radius 3 is 2.62 bits per heavy atom. The molecule has 0 amide bonds. The average Bonchev–Trinajstić information content (AvgIpc) is 3.21. The smallest absolute Gasteiger partial charge is 0.338 e. The molecule has 7 nitrogen and oxygen atoms in total. The fourth-order valence-corrected chi connectivity index (χ4v) is 5.98. The maximum absolute atomic E-state index is 13.8. The van der Waals surface area contributed by atoms with Gasteiger partial charge in [-0.3, -0.25) is 9.36 Å². The van der Waals surface area contributed by atoms with Crippen molar-refractivity contribution in [2.24, 2.45) is 4.99 Å². The predicted octanol–water partition coefficient (Wildman–Crippen LogP) is 4.37. The lowest BCUT2D eigenvalue weighted by Gasteiger charge is -2.25. The third kappa shape index (κ3) is 5.42. The van der Waals surface area contributed by atoms with Crippen LogP contribution in [-0.2, 0) is 9.53 Å². The Morgan fingerprint density at radius 1 is 1.22 bits per heavy atom. The van der Waals surface area contributed by atoms with Crippen LogP contribution in [-0.4, -0.2) is 30.9 Å². The Labute approximate surface area is 232 Å². The first-order valence-electron chi connectivity index (χ1n) is 11.8. The topological polar surface area (TPSA) is 79.1 Å². The first-order chi connectivity index (χ1) is 17.9. The molecule has 192 valence electrons. The van der Waals surface area contributed by atoms with Crippen molar-refractivity contribution in [1.29, 1.82) is 0 Å². The van der Waals surface area contributed by atoms with Crippen LogP contribution in [0.3, 0.4) is 0 Å². The number of halogens is 1. The number of hydrogen-bond donors (Lipinski definition) is 0. The zero-order valence-electron chi connectivity index (χ0n) is 20.8. The predicted molar refractivity (Wildman–Crippen MR) is 153 cm³/mol. The first-order valence-corrected chi connectivity index (χ1v) is 13.7. The molecule has 0 bridgehead atoms. The second-order valence-electron chi connectivity index (χ2n) is 8.06. The van der Waals surface area contributed by atoms with E-state index in [1.165, 1.54) is 18.4 Å². The molecule has 1 atom stereocenters. The van der Waals surface area contributed by atoms with Gasteiger partial charge in [-0.15, -0.1) is 0 Å². The van der Waals surface area contributed by atoms with Crippen molar-refractivity contribution in [2.75, 3.05) is 20.3 Å². The normalized spacial score (nSPS) is 15.1. The summed E-state index contributed by atoms with van der Waals surface area (Å²) in [6, 6.07) is 12.6. The lowest BCUT2D eigenvalue weighted by molar-refractivity contribution is -0.136. The molecule has 9 heteroatoms. The molecular weight excluding hydrogens is 603 g/mol. The highest BCUT2D eigenvalue weighted by atomic mass is 127. The number of carbonyl (C=O) groups excluding carboxylic acids is 1. The number of ether oxygens (including phenoxy) is 3. The molecule has 1 aliphatic rings. The lowest BCUT2D eigenvalue weighted by Crippen LogP contribution is -2.40. The zero-order chi connectivity index (χ0) is 26.5. The molecule has 0 saturated carbocycles. The monoisotopic (exact) mass is 630 g/mol. The summed E-state index contributed by atoms with van der Waals surface area (Å²) in [6.07, 6.45) is 4.03. The van der Waals surface area contributed by atoms with Gasteiger partial charge in [0.15, 0.2) is 16.3 Å². The summed E-state index contributed by atoms with van der Waals surface area (Å²) in [5.74, 6) is 0.744. The van der Waals surface area contributed by atoms with E-state index in [1.54, 1.807) is 10.6 Å². The van der Waals surface area contributed by atoms with E-state index in [4.69, 9.17) is 19.2 Å². The van der Waals surface area contributed by atoms with E-state index in [1.807, 2.05) is 62.4 Å². The number of aromatic nitrogens is 1. The molecule has 0 N–H and O–H groups in total. The molecule has 0 aliphatic carbocycles. The summed E-state index contributed by atoms with van der Waals surface area (Å²) in [4.78, 5) is 31.9. The number of nitrogens with zero attached hydrogens (tertiary/aromatic N) is 2. The average molecular weight is 631 g/mol. The van der Waals surface area contributed by atoms with Crippen molar-refractivity contribution in [3.05, 3.63) is 101 Å². The summed E-state index contributed by atoms with van der Waals surface area (Å²) < 4.78 is 19.7. The van der Waals surface area contributed by atoms with E-state index < -0.39 is 12.0 Å². The third-order valence-electron chi connectivity index (χ3n) is 5.74. The van der Waals surface area contributed by atoms with Crippen molar-refractivity contribution in [3.63, 3.8) is 0 Å². The molecule has 0 saturated heterocycles. The minimum Gasteiger partial charge on any atom is -0.490 e. The van der Waals surface area contributed by atoms with E-state index in [0.717, 1.165) is 14.7 Å². The van der Waals surface area contributed by atoms with Gasteiger partial charge >= 0.3 is 5.97 Å². The molecule has 3 aromatic rings. The summed E-state index contributed by atoms with van der Waals surface area (Å²) >= 11 is 3.49. The second-order valence-corrected chi connectivity index (χ2v) is 10.2. The molecule has 0 spiro atoms. The number of carbonyl (C=O) groups is 1. The van der Waals surface area contributed by atoms with Gasteiger partial charge in [0.1, 0.15) is 6.61 Å². The van der Waals surface area contributed by atoms with E-state index in [9.17, 15) is 9.59 Å². The highest BCUT2D eigenvalue weighted by Crippen LogP contribution is 2.35. The fourth-order valence-electron chi connectivity index (χ4n) is 4.18. The quantitative estimate of drug-likeness (QED) is 0.200. The standard InChI is InChI=1S/C28H27IN2O5S/c1-5-13-36-25-19(29)14-17(15-21(25)35-7-3)16-22-26(32)31-24(18-11-9-8-10-12-18)23(27(33)34-4)20(6-2)30-28(31)37-22/h5,8-12,14-16,24H,1,6-7,13H2,2-4H3/b22-16+/t24-/m0/s1. The lowest BCUT2D eigenvalue weighted by atomic mass is 9.95. The van der Waals surface area contributed by atoms with Crippen molar-refractivity contribution < 1.29 is 19.0 Å². The van der Waals surface area contributed by atoms with Crippen molar-refractivity contribution >= 4 is 46.0 Å². The van der Waals surface area contributed by atoms with Gasteiger partial charge < -0.3 is 14.2 Å². The number of rotatable bonds is 9. The van der Waals surface area contributed by atoms with Gasteiger partial charge in [0, 0.05) is 0 Å². The van der Waals surface area contributed by atoms with E-state index in [-0.39, 0.29) is 5.56 Å². The van der Waals surface area contributed by atoms with Crippen LogP contribution in [0.1, 0.15) is 37.4 Å². The minimum atomic E-state index is -0.629. The molecule has 4 rings (SSSR count). The SMILES string of the molecule is C=CCOc1c(I)cc(/C=c2/sc3n(c2=O)[C@@H](c2ccccc2)C(C(=O)OC)=C(CC)N=3)cc1OCC. The number of esters is 1. The number of fused-ring (bicyclic) bond motifs is 1. The molecule has 0 fully saturated rings. The molecule has 2 aromatic carbocycles. The highest BCUT2D eigenvalue weighted by molar-refractivity contribution is 14.1. The third-order valence-corrected chi connectivity index (χ3v) is 7.52. The minimum absolute atomic E-state index is 0.228. The van der Waals surface area contributed by atoms with Crippen molar-refractivity contribution in [3.8, 4) is 11.5 Å². The summed E-state index contributed by atoms with van der Waals surface area (Å²) in [7, 11) is 1.34. The summed E-state index contributed by atoms with van der Waals surface area (Å²) in [6.45, 7) is 8.38. The number of thiazole rings is 1. The maximum Gasteiger partial charge on any atom is 0.338 e. The van der Waals surface area contributed by atoms with Crippen LogP contribution in [0.2, 0.25) is 0 Å². The Balaban J connectivity index is 1.92. The van der Waals surface area contributed by atoms with Crippen LogP contribution < -0.4 is 24.4 Å². The van der Waals surface area contributed by atoms with Crippen LogP contribution in [0.25, 0.3) is 6.08 Å². The van der Waals surface area contributed by atoms with Crippen LogP contribution >= 0.6 is 33.9 Å². The van der Waals surface area contributed by atoms with Crippen LogP contribution in [0, 0.1) is 3.57 Å². The summed E-state index contributed by atoms with van der Waals surface area (Å²) in [5.41, 5.74) is 2.38. The molecule has 1 aromatic heterocycles. The first kappa shape index (κ1) is 26.9. The van der Waals surface area contributed by atoms with Gasteiger partial charge in [0.05, 0.1) is 39.1 Å². The Morgan fingerprint density at radius 2 is 1.97 bits per heavy atom. The zero-order valence-corrected chi connectivity index (χ0v) is 23.8. The van der Waals surface area contributed by atoms with Gasteiger partial charge in [0.2, 0.25) is 0 Å². The van der Waals surface area contributed by atoms with Gasteiger partial charge in [0.25, 0.3) is 5.56 Å². The molecule has 2 heterocycles. The molecule has 1 aliphatic heterocycles. The van der Waals surface area contributed by atoms with Crippen LogP contribution in [0.5, 0.6) is 11.5 Å². The van der Waals surface area contributed by atoms with Gasteiger partial charge in [-0.05, 0) is 65.3 Å². The summed E-state index contributed by atoms with van der Waals surface area (Å²) in [5, 5.41) is 0. The Bertz CT molecular complexity index is 1540. The number of allylic oxidation sites excluding steroid dienone is 1. The highest BCUT2D eigenvalue weighted by Gasteiger charge is 2.33. The molecule has 0 radical (unpaired) electrons. The van der Waals surface area contributed by atoms with E-state index >= 15 is 0 Å². The number of benzene rings is 2.